The minimum atomic E-state index is 0. The molecule has 0 saturated carbocycles. The molecule has 0 unspecified atom stereocenters. The Morgan fingerprint density at radius 1 is 1.21 bits per heavy atom. The molecule has 1 aromatic carbocycles. The lowest BCUT2D eigenvalue weighted by Crippen LogP contribution is -3.00. The van der Waals surface area contributed by atoms with Crippen molar-refractivity contribution in [3.63, 3.8) is 0 Å². The summed E-state index contributed by atoms with van der Waals surface area (Å²) in [5.41, 5.74) is 2.76. The summed E-state index contributed by atoms with van der Waals surface area (Å²) in [6.07, 6.45) is 0. The summed E-state index contributed by atoms with van der Waals surface area (Å²) in [4.78, 5) is 0. The highest BCUT2D eigenvalue weighted by Gasteiger charge is 1.93. The molecule has 0 atom stereocenters. The van der Waals surface area contributed by atoms with Gasteiger partial charge in [0, 0.05) is 0 Å². The summed E-state index contributed by atoms with van der Waals surface area (Å²) in [6.45, 7) is 1.36. The van der Waals surface area contributed by atoms with E-state index in [1.165, 1.54) is 0 Å². The summed E-state index contributed by atoms with van der Waals surface area (Å²) in [5, 5.41) is 0. The summed E-state index contributed by atoms with van der Waals surface area (Å²) in [6, 6.07) is 7.49. The Morgan fingerprint density at radius 2 is 1.79 bits per heavy atom. The molecule has 4 nitrogen and oxygen atoms in total. The van der Waals surface area contributed by atoms with Crippen molar-refractivity contribution in [1.82, 2.24) is 5.43 Å². The van der Waals surface area contributed by atoms with Crippen LogP contribution in [0, 0.1) is 0 Å². The largest absolute Gasteiger partial charge is 1.00 e. The first-order valence-corrected chi connectivity index (χ1v) is 4.13. The molecule has 80 valence electrons. The molecular formula is C9H15ClN2O2. The first kappa shape index (κ1) is 13.0. The number of halogens is 1. The molecule has 0 aliphatic heterocycles. The molecule has 0 aliphatic rings. The zero-order chi connectivity index (χ0) is 9.52. The summed E-state index contributed by atoms with van der Waals surface area (Å²) >= 11 is 0. The Hall–Kier alpha value is -0.970. The summed E-state index contributed by atoms with van der Waals surface area (Å²) in [7, 11) is 1.64. The quantitative estimate of drug-likeness (QED) is 0.405. The van der Waals surface area contributed by atoms with E-state index in [2.05, 4.69) is 11.3 Å². The molecule has 0 aromatic heterocycles. The van der Waals surface area contributed by atoms with Gasteiger partial charge in [0.2, 0.25) is 0 Å². The van der Waals surface area contributed by atoms with Crippen LogP contribution < -0.4 is 33.1 Å². The van der Waals surface area contributed by atoms with Crippen molar-refractivity contribution in [3.8, 4) is 11.5 Å². The molecule has 0 heterocycles. The third-order valence-electron chi connectivity index (χ3n) is 1.61. The molecule has 0 spiro atoms. The van der Waals surface area contributed by atoms with Crippen molar-refractivity contribution in [2.75, 3.05) is 20.3 Å². The number of methoxy groups -OCH3 is 1. The van der Waals surface area contributed by atoms with Gasteiger partial charge in [0.15, 0.2) is 0 Å². The van der Waals surface area contributed by atoms with E-state index in [0.717, 1.165) is 18.0 Å². The number of ether oxygens (including phenoxy) is 2. The third-order valence-corrected chi connectivity index (χ3v) is 1.61. The zero-order valence-corrected chi connectivity index (χ0v) is 8.88. The molecule has 1 rings (SSSR count). The molecule has 0 amide bonds. The standard InChI is InChI=1S/C9H14N2O2.ClH/c1-12-8-2-4-9(5-3-8)13-7-6-11-10;/h2-5,11H,6-7,10H2,1H3;1H. The van der Waals surface area contributed by atoms with Crippen molar-refractivity contribution in [2.45, 2.75) is 0 Å². The first-order valence-electron chi connectivity index (χ1n) is 4.13. The van der Waals surface area contributed by atoms with Crippen LogP contribution in [0.3, 0.4) is 0 Å². The maximum absolute atomic E-state index is 5.39. The van der Waals surface area contributed by atoms with E-state index in [0.29, 0.717) is 6.61 Å². The van der Waals surface area contributed by atoms with E-state index < -0.39 is 0 Å². The number of hydrogen-bond donors (Lipinski definition) is 2. The summed E-state index contributed by atoms with van der Waals surface area (Å²) < 4.78 is 10.4. The average molecular weight is 219 g/mol. The fourth-order valence-electron chi connectivity index (χ4n) is 0.913. The lowest BCUT2D eigenvalue weighted by molar-refractivity contribution is -0.443. The van der Waals surface area contributed by atoms with E-state index in [-0.39, 0.29) is 12.4 Å². The van der Waals surface area contributed by atoms with Gasteiger partial charge in [-0.1, -0.05) is 0 Å². The van der Waals surface area contributed by atoms with Crippen molar-refractivity contribution in [2.24, 2.45) is 0 Å². The van der Waals surface area contributed by atoms with Crippen LogP contribution in [0.2, 0.25) is 0 Å². The van der Waals surface area contributed by atoms with Crippen molar-refractivity contribution >= 4 is 0 Å². The highest BCUT2D eigenvalue weighted by atomic mass is 35.5. The lowest BCUT2D eigenvalue weighted by Gasteiger charge is -2.05. The van der Waals surface area contributed by atoms with Crippen LogP contribution >= 0.6 is 0 Å². The number of rotatable bonds is 5. The predicted molar refractivity (Wildman–Crippen MR) is 49.4 cm³/mol. The average Bonchev–Trinajstić information content (AvgIpc) is 2.19. The van der Waals surface area contributed by atoms with Crippen LogP contribution in [-0.2, 0) is 0 Å². The molecule has 0 saturated heterocycles. The van der Waals surface area contributed by atoms with Gasteiger partial charge in [-0.2, -0.15) is 5.43 Å². The number of benzene rings is 1. The second kappa shape index (κ2) is 7.44. The minimum Gasteiger partial charge on any atom is -1.00 e. The van der Waals surface area contributed by atoms with E-state index in [4.69, 9.17) is 9.47 Å². The molecule has 14 heavy (non-hydrogen) atoms. The van der Waals surface area contributed by atoms with E-state index >= 15 is 0 Å². The van der Waals surface area contributed by atoms with Crippen molar-refractivity contribution in [1.29, 1.82) is 0 Å². The number of quaternary nitrogens is 1. The van der Waals surface area contributed by atoms with Gasteiger partial charge in [0.1, 0.15) is 18.1 Å². The highest BCUT2D eigenvalue weighted by molar-refractivity contribution is 5.31. The van der Waals surface area contributed by atoms with Crippen molar-refractivity contribution in [3.05, 3.63) is 24.3 Å². The van der Waals surface area contributed by atoms with Gasteiger partial charge < -0.3 is 21.9 Å². The van der Waals surface area contributed by atoms with E-state index in [9.17, 15) is 0 Å². The van der Waals surface area contributed by atoms with Crippen LogP contribution in [0.1, 0.15) is 0 Å². The minimum absolute atomic E-state index is 0. The van der Waals surface area contributed by atoms with Crippen molar-refractivity contribution < 1.29 is 27.7 Å². The van der Waals surface area contributed by atoms with Gasteiger partial charge in [-0.3, -0.25) is 5.84 Å². The van der Waals surface area contributed by atoms with Crippen LogP contribution in [-0.4, -0.2) is 20.3 Å². The van der Waals surface area contributed by atoms with Gasteiger partial charge in [0.25, 0.3) is 0 Å². The SMILES string of the molecule is COc1ccc(OCCN[NH3+])cc1.[Cl-]. The Kier molecular flexibility index (Phi) is 6.92. The molecule has 0 bridgehead atoms. The monoisotopic (exact) mass is 218 g/mol. The third kappa shape index (κ3) is 4.32. The van der Waals surface area contributed by atoms with Crippen LogP contribution in [0.25, 0.3) is 0 Å². The second-order valence-electron chi connectivity index (χ2n) is 2.52. The van der Waals surface area contributed by atoms with Gasteiger partial charge in [-0.25, -0.2) is 0 Å². The molecule has 0 fully saturated rings. The molecule has 1 aromatic rings. The van der Waals surface area contributed by atoms with E-state index in [1.807, 2.05) is 24.3 Å². The molecule has 0 aliphatic carbocycles. The maximum Gasteiger partial charge on any atom is 0.119 e. The second-order valence-corrected chi connectivity index (χ2v) is 2.52. The van der Waals surface area contributed by atoms with Gasteiger partial charge >= 0.3 is 0 Å². The Balaban J connectivity index is 0.00000169. The number of nitrogens with one attached hydrogen (secondary N) is 1. The van der Waals surface area contributed by atoms with Gasteiger partial charge in [-0.15, -0.1) is 0 Å². The number of hydrogen-bond acceptors (Lipinski definition) is 3. The normalized spacial score (nSPS) is 9.00. The fraction of sp³-hybridized carbons (Fsp3) is 0.333. The van der Waals surface area contributed by atoms with E-state index in [1.54, 1.807) is 7.11 Å². The first-order chi connectivity index (χ1) is 6.36. The fourth-order valence-corrected chi connectivity index (χ4v) is 0.913. The molecule has 5 heteroatoms. The molecule has 4 N–H and O–H groups in total. The highest BCUT2D eigenvalue weighted by Crippen LogP contribution is 2.16. The predicted octanol–water partition coefficient (Wildman–Crippen LogP) is -3.18. The Morgan fingerprint density at radius 3 is 2.29 bits per heavy atom. The van der Waals surface area contributed by atoms with Gasteiger partial charge in [-0.05, 0) is 24.3 Å². The molecular weight excluding hydrogens is 204 g/mol. The van der Waals surface area contributed by atoms with Crippen LogP contribution in [0.5, 0.6) is 11.5 Å². The van der Waals surface area contributed by atoms with Gasteiger partial charge in [0.05, 0.1) is 13.7 Å². The maximum atomic E-state index is 5.39. The summed E-state index contributed by atoms with van der Waals surface area (Å²) in [5.74, 6) is 5.17. The van der Waals surface area contributed by atoms with Crippen LogP contribution in [0.15, 0.2) is 24.3 Å². The Bertz CT molecular complexity index is 241. The molecule has 0 radical (unpaired) electrons. The lowest BCUT2D eigenvalue weighted by atomic mass is 10.3. The zero-order valence-electron chi connectivity index (χ0n) is 8.13. The smallest absolute Gasteiger partial charge is 0.119 e. The van der Waals surface area contributed by atoms with Crippen LogP contribution in [0.4, 0.5) is 0 Å². The Labute approximate surface area is 89.8 Å². The topological polar surface area (TPSA) is 58.1 Å².